The summed E-state index contributed by atoms with van der Waals surface area (Å²) < 4.78 is 2.46. The van der Waals surface area contributed by atoms with Crippen LogP contribution in [0.5, 0.6) is 0 Å². The molecule has 6 nitrogen and oxygen atoms in total. The van der Waals surface area contributed by atoms with Crippen molar-refractivity contribution in [3.8, 4) is 0 Å². The number of pyridine rings is 1. The van der Waals surface area contributed by atoms with Crippen LogP contribution < -0.4 is 15.5 Å². The highest BCUT2D eigenvalue weighted by Crippen LogP contribution is 2.46. The van der Waals surface area contributed by atoms with Gasteiger partial charge in [0, 0.05) is 35.2 Å². The highest BCUT2D eigenvalue weighted by Gasteiger charge is 2.43. The monoisotopic (exact) mass is 507 g/mol. The van der Waals surface area contributed by atoms with Crippen LogP contribution in [-0.4, -0.2) is 20.6 Å². The number of rotatable bonds is 6. The molecule has 1 aliphatic carbocycles. The third kappa shape index (κ3) is 4.43. The van der Waals surface area contributed by atoms with E-state index in [0.29, 0.717) is 21.9 Å². The number of hydrogen-bond acceptors (Lipinski definition) is 3. The number of hydrogen-bond donors (Lipinski definition) is 2. The lowest BCUT2D eigenvalue weighted by Gasteiger charge is -2.28. The summed E-state index contributed by atoms with van der Waals surface area (Å²) in [5.74, 6) is -0.204. The van der Waals surface area contributed by atoms with Crippen LogP contribution in [0.4, 0.5) is 11.4 Å². The second-order valence-corrected chi connectivity index (χ2v) is 10.5. The van der Waals surface area contributed by atoms with Gasteiger partial charge in [0.25, 0.3) is 0 Å². The average molecular weight is 508 g/mol. The van der Waals surface area contributed by atoms with Crippen molar-refractivity contribution in [2.75, 3.05) is 10.2 Å². The molecule has 3 aromatic rings. The summed E-state index contributed by atoms with van der Waals surface area (Å²) in [7, 11) is 0. The van der Waals surface area contributed by atoms with E-state index in [4.69, 9.17) is 23.8 Å². The third-order valence-corrected chi connectivity index (χ3v) is 7.49. The summed E-state index contributed by atoms with van der Waals surface area (Å²) >= 11 is 12.5. The Morgan fingerprint density at radius 3 is 2.60 bits per heavy atom. The van der Waals surface area contributed by atoms with E-state index in [1.54, 1.807) is 0 Å². The molecule has 2 atom stereocenters. The van der Waals surface area contributed by atoms with Gasteiger partial charge in [0.2, 0.25) is 5.91 Å². The summed E-state index contributed by atoms with van der Waals surface area (Å²) in [5, 5.41) is 7.52. The number of benzene rings is 1. The van der Waals surface area contributed by atoms with Crippen molar-refractivity contribution in [1.82, 2.24) is 14.9 Å². The fraction of sp³-hybridized carbons (Fsp3) is 0.370. The molecule has 182 valence electrons. The SMILES string of the molecule is Cc1cc([C@@H]2[C@H](c3ccccn3)NC(=S)N2c2ccc(NC(=O)C(C)C)c(Cl)c2)c(C)n1C1CC1. The molecule has 0 spiro atoms. The molecule has 2 fully saturated rings. The lowest BCUT2D eigenvalue weighted by Crippen LogP contribution is -2.29. The van der Waals surface area contributed by atoms with Crippen LogP contribution in [0.2, 0.25) is 5.02 Å². The van der Waals surface area contributed by atoms with Crippen LogP contribution in [0.15, 0.2) is 48.7 Å². The lowest BCUT2D eigenvalue weighted by atomic mass is 9.96. The molecule has 1 aliphatic heterocycles. The van der Waals surface area contributed by atoms with Crippen molar-refractivity contribution in [3.05, 3.63) is 76.3 Å². The number of aryl methyl sites for hydroxylation is 1. The first-order chi connectivity index (χ1) is 16.8. The summed E-state index contributed by atoms with van der Waals surface area (Å²) in [4.78, 5) is 19.0. The smallest absolute Gasteiger partial charge is 0.226 e. The molecule has 2 aromatic heterocycles. The number of thiocarbonyl (C=S) groups is 1. The Balaban J connectivity index is 1.58. The largest absolute Gasteiger partial charge is 0.351 e. The predicted molar refractivity (Wildman–Crippen MR) is 145 cm³/mol. The van der Waals surface area contributed by atoms with Crippen LogP contribution >= 0.6 is 23.8 Å². The van der Waals surface area contributed by atoms with Crippen LogP contribution in [-0.2, 0) is 4.79 Å². The van der Waals surface area contributed by atoms with Crippen LogP contribution in [0.3, 0.4) is 0 Å². The Morgan fingerprint density at radius 1 is 1.20 bits per heavy atom. The quantitative estimate of drug-likeness (QED) is 0.385. The van der Waals surface area contributed by atoms with Crippen molar-refractivity contribution in [3.63, 3.8) is 0 Å². The van der Waals surface area contributed by atoms with Gasteiger partial charge in [0.05, 0.1) is 28.5 Å². The van der Waals surface area contributed by atoms with Gasteiger partial charge in [-0.15, -0.1) is 0 Å². The number of nitrogens with zero attached hydrogens (tertiary/aromatic N) is 3. The van der Waals surface area contributed by atoms with E-state index in [-0.39, 0.29) is 23.9 Å². The van der Waals surface area contributed by atoms with Crippen molar-refractivity contribution >= 4 is 46.2 Å². The Morgan fingerprint density at radius 2 is 1.97 bits per heavy atom. The molecular formula is C27H30ClN5OS. The first kappa shape index (κ1) is 23.8. The van der Waals surface area contributed by atoms with Crippen LogP contribution in [0, 0.1) is 19.8 Å². The molecular weight excluding hydrogens is 478 g/mol. The van der Waals surface area contributed by atoms with Crippen molar-refractivity contribution in [2.24, 2.45) is 5.92 Å². The predicted octanol–water partition coefficient (Wildman–Crippen LogP) is 6.26. The maximum atomic E-state index is 12.2. The average Bonchev–Trinajstić information content (AvgIpc) is 3.54. The molecule has 0 radical (unpaired) electrons. The summed E-state index contributed by atoms with van der Waals surface area (Å²) in [6.45, 7) is 8.09. The van der Waals surface area contributed by atoms with Gasteiger partial charge in [0.1, 0.15) is 0 Å². The first-order valence-electron chi connectivity index (χ1n) is 12.1. The van der Waals surface area contributed by atoms with Gasteiger partial charge in [-0.3, -0.25) is 9.78 Å². The van der Waals surface area contributed by atoms with E-state index in [0.717, 1.165) is 11.4 Å². The Hall–Kier alpha value is -2.90. The zero-order valence-corrected chi connectivity index (χ0v) is 22.0. The minimum absolute atomic E-state index is 0.0707. The second kappa shape index (κ2) is 9.28. The lowest BCUT2D eigenvalue weighted by molar-refractivity contribution is -0.118. The summed E-state index contributed by atoms with van der Waals surface area (Å²) in [5.41, 5.74) is 6.16. The summed E-state index contributed by atoms with van der Waals surface area (Å²) in [6, 6.07) is 14.3. The molecule has 35 heavy (non-hydrogen) atoms. The Kier molecular flexibility index (Phi) is 6.32. The fourth-order valence-electron chi connectivity index (χ4n) is 4.98. The molecule has 0 unspecified atom stereocenters. The number of carbonyl (C=O) groups is 1. The first-order valence-corrected chi connectivity index (χ1v) is 12.8. The van der Waals surface area contributed by atoms with Gasteiger partial charge < -0.3 is 20.1 Å². The van der Waals surface area contributed by atoms with E-state index in [1.807, 2.05) is 56.4 Å². The van der Waals surface area contributed by atoms with E-state index < -0.39 is 0 Å². The van der Waals surface area contributed by atoms with Crippen LogP contribution in [0.1, 0.15) is 67.5 Å². The number of aromatic nitrogens is 2. The van der Waals surface area contributed by atoms with Crippen molar-refractivity contribution in [1.29, 1.82) is 0 Å². The number of halogens is 1. The van der Waals surface area contributed by atoms with E-state index in [1.165, 1.54) is 29.8 Å². The van der Waals surface area contributed by atoms with Gasteiger partial charge >= 0.3 is 0 Å². The highest BCUT2D eigenvalue weighted by atomic mass is 35.5. The molecule has 0 bridgehead atoms. The molecule has 1 saturated heterocycles. The Labute approximate surface area is 216 Å². The number of anilines is 2. The van der Waals surface area contributed by atoms with E-state index >= 15 is 0 Å². The molecule has 8 heteroatoms. The van der Waals surface area contributed by atoms with Gasteiger partial charge in [-0.1, -0.05) is 31.5 Å². The minimum atomic E-state index is -0.133. The fourth-order valence-corrected chi connectivity index (χ4v) is 5.55. The molecule has 2 aliphatic rings. The number of amides is 1. The van der Waals surface area contributed by atoms with Gasteiger partial charge in [-0.05, 0) is 80.9 Å². The zero-order chi connectivity index (χ0) is 24.9. The van der Waals surface area contributed by atoms with E-state index in [9.17, 15) is 4.79 Å². The molecule has 1 saturated carbocycles. The molecule has 1 amide bonds. The van der Waals surface area contributed by atoms with E-state index in [2.05, 4.69) is 45.0 Å². The zero-order valence-electron chi connectivity index (χ0n) is 20.4. The molecule has 1 aromatic carbocycles. The minimum Gasteiger partial charge on any atom is -0.351 e. The topological polar surface area (TPSA) is 62.2 Å². The maximum Gasteiger partial charge on any atom is 0.226 e. The van der Waals surface area contributed by atoms with Crippen molar-refractivity contribution < 1.29 is 4.79 Å². The Bertz CT molecular complexity index is 1280. The number of carbonyl (C=O) groups excluding carboxylic acids is 1. The van der Waals surface area contributed by atoms with Crippen molar-refractivity contribution in [2.45, 2.75) is 58.7 Å². The normalized spacial score (nSPS) is 19.8. The van der Waals surface area contributed by atoms with Gasteiger partial charge in [-0.25, -0.2) is 0 Å². The molecule has 3 heterocycles. The number of nitrogens with one attached hydrogen (secondary N) is 2. The third-order valence-electron chi connectivity index (χ3n) is 6.87. The van der Waals surface area contributed by atoms with Gasteiger partial charge in [-0.2, -0.15) is 0 Å². The second-order valence-electron chi connectivity index (χ2n) is 9.73. The van der Waals surface area contributed by atoms with Crippen LogP contribution in [0.25, 0.3) is 0 Å². The summed E-state index contributed by atoms with van der Waals surface area (Å²) in [6.07, 6.45) is 4.27. The van der Waals surface area contributed by atoms with Gasteiger partial charge in [0.15, 0.2) is 5.11 Å². The maximum absolute atomic E-state index is 12.2. The molecule has 5 rings (SSSR count). The standard InChI is InChI=1S/C27H30ClN5OS/c1-15(2)26(34)30-22-11-10-19(14-21(22)28)33-25(20-13-16(3)32(17(20)4)18-8-9-18)24(31-27(33)35)23-7-5-6-12-29-23/h5-7,10-15,18,24-25H,8-9H2,1-4H3,(H,30,34)(H,31,35)/t24-,25+/m0/s1. The molecule has 2 N–H and O–H groups in total. The highest BCUT2D eigenvalue weighted by molar-refractivity contribution is 7.80.